The maximum atomic E-state index is 14.9. The van der Waals surface area contributed by atoms with Crippen LogP contribution in [0.1, 0.15) is 24.5 Å². The Kier molecular flexibility index (Phi) is 10.4. The fourth-order valence-electron chi connectivity index (χ4n) is 4.57. The molecule has 0 fully saturated rings. The van der Waals surface area contributed by atoms with Crippen molar-refractivity contribution in [1.82, 2.24) is 10.2 Å². The molecule has 42 heavy (non-hydrogen) atoms. The lowest BCUT2D eigenvalue weighted by Gasteiger charge is -2.34. The first kappa shape index (κ1) is 30.5. The Hall–Kier alpha value is -4.50. The van der Waals surface area contributed by atoms with Gasteiger partial charge in [-0.25, -0.2) is 12.8 Å². The Morgan fingerprint density at radius 3 is 2.00 bits per heavy atom. The second kappa shape index (κ2) is 14.4. The highest BCUT2D eigenvalue weighted by molar-refractivity contribution is 7.92. The van der Waals surface area contributed by atoms with E-state index in [0.29, 0.717) is 13.0 Å². The average Bonchev–Trinajstić information content (AvgIpc) is 3.02. The Morgan fingerprint density at radius 2 is 1.38 bits per heavy atom. The molecule has 0 saturated heterocycles. The average molecular weight is 588 g/mol. The largest absolute Gasteiger partial charge is 0.354 e. The number of nitrogens with zero attached hydrogens (tertiary/aromatic N) is 2. The third kappa shape index (κ3) is 7.61. The van der Waals surface area contributed by atoms with Crippen LogP contribution in [0.25, 0.3) is 0 Å². The topological polar surface area (TPSA) is 86.8 Å². The predicted molar refractivity (Wildman–Crippen MR) is 162 cm³/mol. The highest BCUT2D eigenvalue weighted by atomic mass is 32.2. The van der Waals surface area contributed by atoms with Gasteiger partial charge in [0.1, 0.15) is 18.4 Å². The summed E-state index contributed by atoms with van der Waals surface area (Å²) in [5.41, 5.74) is 1.30. The molecule has 4 aromatic carbocycles. The Labute approximate surface area is 246 Å². The smallest absolute Gasteiger partial charge is 0.264 e. The van der Waals surface area contributed by atoms with Crippen LogP contribution in [0, 0.1) is 5.82 Å². The lowest BCUT2D eigenvalue weighted by Crippen LogP contribution is -2.53. The number of sulfonamides is 1. The van der Waals surface area contributed by atoms with E-state index in [1.165, 1.54) is 23.1 Å². The second-order valence-electron chi connectivity index (χ2n) is 9.77. The first-order chi connectivity index (χ1) is 20.3. The van der Waals surface area contributed by atoms with Crippen LogP contribution in [-0.4, -0.2) is 44.3 Å². The molecule has 0 aliphatic carbocycles. The van der Waals surface area contributed by atoms with Crippen LogP contribution in [0.2, 0.25) is 0 Å². The molecule has 0 radical (unpaired) electrons. The Bertz CT molecular complexity index is 1570. The van der Waals surface area contributed by atoms with E-state index in [1.54, 1.807) is 66.7 Å². The van der Waals surface area contributed by atoms with Crippen molar-refractivity contribution >= 4 is 27.5 Å². The van der Waals surface area contributed by atoms with Crippen molar-refractivity contribution in [2.24, 2.45) is 0 Å². The van der Waals surface area contributed by atoms with Gasteiger partial charge < -0.3 is 10.2 Å². The lowest BCUT2D eigenvalue weighted by atomic mass is 10.0. The van der Waals surface area contributed by atoms with E-state index in [9.17, 15) is 22.4 Å². The standard InChI is InChI=1S/C33H34FN3O4S/c1-2-22-35-33(39)31(23-26-14-6-3-7-15-26)36(24-27-16-12-13-21-30(27)34)32(38)25-37(28-17-8-4-9-18-28)42(40,41)29-19-10-5-11-20-29/h3-21,31H,2,22-25H2,1H3,(H,35,39). The molecule has 2 amide bonds. The number of carbonyl (C=O) groups excluding carboxylic acids is 2. The van der Waals surface area contributed by atoms with Gasteiger partial charge in [0.05, 0.1) is 10.6 Å². The molecule has 0 spiro atoms. The highest BCUT2D eigenvalue weighted by Gasteiger charge is 2.34. The van der Waals surface area contributed by atoms with Gasteiger partial charge in [0, 0.05) is 25.1 Å². The summed E-state index contributed by atoms with van der Waals surface area (Å²) in [6, 6.07) is 30.4. The minimum Gasteiger partial charge on any atom is -0.354 e. The van der Waals surface area contributed by atoms with Gasteiger partial charge in [0.25, 0.3) is 10.0 Å². The van der Waals surface area contributed by atoms with Crippen molar-refractivity contribution in [2.45, 2.75) is 37.2 Å². The predicted octanol–water partition coefficient (Wildman–Crippen LogP) is 5.19. The molecule has 0 aromatic heterocycles. The molecule has 0 bridgehead atoms. The van der Waals surface area contributed by atoms with E-state index >= 15 is 0 Å². The zero-order valence-electron chi connectivity index (χ0n) is 23.4. The summed E-state index contributed by atoms with van der Waals surface area (Å²) in [6.07, 6.45) is 0.843. The van der Waals surface area contributed by atoms with E-state index < -0.39 is 40.2 Å². The van der Waals surface area contributed by atoms with E-state index in [0.717, 1.165) is 9.87 Å². The van der Waals surface area contributed by atoms with Gasteiger partial charge in [-0.1, -0.05) is 91.9 Å². The zero-order chi connectivity index (χ0) is 30.0. The van der Waals surface area contributed by atoms with Crippen LogP contribution in [0.5, 0.6) is 0 Å². The summed E-state index contributed by atoms with van der Waals surface area (Å²) in [7, 11) is -4.17. The molecule has 0 aliphatic heterocycles. The summed E-state index contributed by atoms with van der Waals surface area (Å²) < 4.78 is 43.6. The fraction of sp³-hybridized carbons (Fsp3) is 0.212. The number of anilines is 1. The molecule has 218 valence electrons. The molecule has 0 heterocycles. The van der Waals surface area contributed by atoms with Gasteiger partial charge >= 0.3 is 0 Å². The molecule has 0 saturated carbocycles. The molecule has 4 aromatic rings. The SMILES string of the molecule is CCCNC(=O)C(Cc1ccccc1)N(Cc1ccccc1F)C(=O)CN(c1ccccc1)S(=O)(=O)c1ccccc1. The monoisotopic (exact) mass is 587 g/mol. The maximum Gasteiger partial charge on any atom is 0.264 e. The third-order valence-corrected chi connectivity index (χ3v) is 8.56. The van der Waals surface area contributed by atoms with E-state index in [4.69, 9.17) is 0 Å². The molecule has 4 rings (SSSR count). The van der Waals surface area contributed by atoms with Crippen LogP contribution in [-0.2, 0) is 32.6 Å². The molecule has 9 heteroatoms. The molecule has 1 unspecified atom stereocenters. The quantitative estimate of drug-likeness (QED) is 0.233. The fourth-order valence-corrected chi connectivity index (χ4v) is 6.01. The number of para-hydroxylation sites is 1. The summed E-state index contributed by atoms with van der Waals surface area (Å²) in [4.78, 5) is 29.1. The van der Waals surface area contributed by atoms with Crippen molar-refractivity contribution < 1.29 is 22.4 Å². The van der Waals surface area contributed by atoms with Gasteiger partial charge in [-0.15, -0.1) is 0 Å². The number of nitrogens with one attached hydrogen (secondary N) is 1. The van der Waals surface area contributed by atoms with Gasteiger partial charge in [-0.05, 0) is 42.3 Å². The second-order valence-corrected chi connectivity index (χ2v) is 11.6. The van der Waals surface area contributed by atoms with Crippen LogP contribution in [0.4, 0.5) is 10.1 Å². The van der Waals surface area contributed by atoms with Crippen molar-refractivity contribution in [3.05, 3.63) is 132 Å². The zero-order valence-corrected chi connectivity index (χ0v) is 24.2. The highest BCUT2D eigenvalue weighted by Crippen LogP contribution is 2.25. The van der Waals surface area contributed by atoms with Gasteiger partial charge in [-0.2, -0.15) is 0 Å². The number of carbonyl (C=O) groups is 2. The number of halogens is 1. The van der Waals surface area contributed by atoms with Crippen molar-refractivity contribution in [2.75, 3.05) is 17.4 Å². The van der Waals surface area contributed by atoms with E-state index in [-0.39, 0.29) is 29.1 Å². The Balaban J connectivity index is 1.78. The van der Waals surface area contributed by atoms with Gasteiger partial charge in [0.15, 0.2) is 0 Å². The number of benzene rings is 4. The number of rotatable bonds is 13. The normalized spacial score (nSPS) is 11.9. The van der Waals surface area contributed by atoms with Crippen molar-refractivity contribution in [1.29, 1.82) is 0 Å². The third-order valence-electron chi connectivity index (χ3n) is 6.77. The summed E-state index contributed by atoms with van der Waals surface area (Å²) >= 11 is 0. The van der Waals surface area contributed by atoms with Gasteiger partial charge in [-0.3, -0.25) is 13.9 Å². The van der Waals surface area contributed by atoms with Gasteiger partial charge in [0.2, 0.25) is 11.8 Å². The first-order valence-electron chi connectivity index (χ1n) is 13.8. The Morgan fingerprint density at radius 1 is 0.810 bits per heavy atom. The maximum absolute atomic E-state index is 14.9. The lowest BCUT2D eigenvalue weighted by molar-refractivity contribution is -0.140. The van der Waals surface area contributed by atoms with Crippen LogP contribution in [0.3, 0.4) is 0 Å². The number of hydrogen-bond donors (Lipinski definition) is 1. The minimum atomic E-state index is -4.17. The first-order valence-corrected chi connectivity index (χ1v) is 15.2. The molecule has 7 nitrogen and oxygen atoms in total. The number of hydrogen-bond acceptors (Lipinski definition) is 4. The van der Waals surface area contributed by atoms with Crippen molar-refractivity contribution in [3.63, 3.8) is 0 Å². The summed E-state index contributed by atoms with van der Waals surface area (Å²) in [5, 5.41) is 2.87. The summed E-state index contributed by atoms with van der Waals surface area (Å²) in [5.74, 6) is -1.57. The van der Waals surface area contributed by atoms with Crippen molar-refractivity contribution in [3.8, 4) is 0 Å². The molecule has 0 aliphatic rings. The molecule has 1 atom stereocenters. The van der Waals surface area contributed by atoms with E-state index in [2.05, 4.69) is 5.32 Å². The summed E-state index contributed by atoms with van der Waals surface area (Å²) in [6.45, 7) is 1.49. The molecule has 1 N–H and O–H groups in total. The molecular formula is C33H34FN3O4S. The minimum absolute atomic E-state index is 0.0174. The van der Waals surface area contributed by atoms with E-state index in [1.807, 2.05) is 37.3 Å². The molecular weight excluding hydrogens is 553 g/mol. The van der Waals surface area contributed by atoms with Crippen LogP contribution >= 0.6 is 0 Å². The van der Waals surface area contributed by atoms with Crippen LogP contribution < -0.4 is 9.62 Å². The van der Waals surface area contributed by atoms with Crippen LogP contribution in [0.15, 0.2) is 120 Å². The number of amides is 2.